The van der Waals surface area contributed by atoms with E-state index in [-0.39, 0.29) is 29.4 Å². The maximum Gasteiger partial charge on any atom is 0.255 e. The van der Waals surface area contributed by atoms with Crippen LogP contribution < -0.4 is 24.7 Å². The first-order valence-corrected chi connectivity index (χ1v) is 7.63. The van der Waals surface area contributed by atoms with Crippen molar-refractivity contribution in [2.75, 3.05) is 33.6 Å². The van der Waals surface area contributed by atoms with Gasteiger partial charge in [-0.3, -0.25) is 4.79 Å². The van der Waals surface area contributed by atoms with E-state index in [1.807, 2.05) is 0 Å². The molecule has 118 valence electrons. The molecule has 1 amide bonds. The third-order valence-corrected chi connectivity index (χ3v) is 3.39. The number of hydrogen-bond acceptors (Lipinski definition) is 6. The number of benzene rings is 1. The van der Waals surface area contributed by atoms with Crippen molar-refractivity contribution in [1.29, 1.82) is 0 Å². The number of primary sulfonamides is 1. The van der Waals surface area contributed by atoms with Crippen molar-refractivity contribution in [3.63, 3.8) is 0 Å². The molecule has 0 heterocycles. The first kappa shape index (κ1) is 17.1. The lowest BCUT2D eigenvalue weighted by Gasteiger charge is -2.15. The molecule has 0 saturated heterocycles. The lowest BCUT2D eigenvalue weighted by Crippen LogP contribution is -2.31. The van der Waals surface area contributed by atoms with E-state index >= 15 is 0 Å². The van der Waals surface area contributed by atoms with E-state index in [0.717, 1.165) is 0 Å². The fraction of sp³-hybridized carbons (Fsp3) is 0.417. The van der Waals surface area contributed by atoms with E-state index in [1.165, 1.54) is 27.4 Å². The maximum absolute atomic E-state index is 12.1. The van der Waals surface area contributed by atoms with E-state index in [0.29, 0.717) is 5.75 Å². The first-order valence-electron chi connectivity index (χ1n) is 5.91. The molecule has 9 heteroatoms. The molecule has 0 aliphatic heterocycles. The molecule has 0 fully saturated rings. The van der Waals surface area contributed by atoms with Crippen LogP contribution in [0, 0.1) is 0 Å². The molecular formula is C12H18N2O6S. The molecule has 1 rings (SSSR count). The Morgan fingerprint density at radius 2 is 1.76 bits per heavy atom. The monoisotopic (exact) mass is 318 g/mol. The van der Waals surface area contributed by atoms with Crippen LogP contribution in [-0.4, -0.2) is 48.0 Å². The van der Waals surface area contributed by atoms with Gasteiger partial charge in [-0.25, -0.2) is 13.6 Å². The number of amides is 1. The fourth-order valence-corrected chi connectivity index (χ4v) is 2.07. The Morgan fingerprint density at radius 3 is 2.24 bits per heavy atom. The number of sulfonamides is 1. The molecular weight excluding hydrogens is 300 g/mol. The first-order chi connectivity index (χ1) is 9.84. The van der Waals surface area contributed by atoms with Gasteiger partial charge in [-0.05, 0) is 12.1 Å². The van der Waals surface area contributed by atoms with E-state index in [1.54, 1.807) is 6.07 Å². The molecule has 1 aromatic rings. The van der Waals surface area contributed by atoms with Crippen molar-refractivity contribution in [3.05, 3.63) is 17.7 Å². The highest BCUT2D eigenvalue weighted by Crippen LogP contribution is 2.39. The summed E-state index contributed by atoms with van der Waals surface area (Å²) in [6, 6.07) is 3.04. The molecule has 0 bridgehead atoms. The highest BCUT2D eigenvalue weighted by atomic mass is 32.2. The number of ether oxygens (including phenoxy) is 3. The molecule has 8 nitrogen and oxygen atoms in total. The van der Waals surface area contributed by atoms with Crippen LogP contribution in [0.1, 0.15) is 10.4 Å². The molecule has 0 radical (unpaired) electrons. The predicted octanol–water partition coefficient (Wildman–Crippen LogP) is -0.269. The number of rotatable bonds is 7. The van der Waals surface area contributed by atoms with Gasteiger partial charge in [-0.1, -0.05) is 0 Å². The molecule has 0 aliphatic rings. The van der Waals surface area contributed by atoms with E-state index < -0.39 is 15.9 Å². The second kappa shape index (κ2) is 7.14. The second-order valence-corrected chi connectivity index (χ2v) is 5.74. The number of carbonyl (C=O) groups excluding carboxylic acids is 1. The summed E-state index contributed by atoms with van der Waals surface area (Å²) in [5.41, 5.74) is 0.199. The smallest absolute Gasteiger partial charge is 0.255 e. The lowest BCUT2D eigenvalue weighted by molar-refractivity contribution is 0.0952. The quantitative estimate of drug-likeness (QED) is 0.715. The Bertz CT molecular complexity index is 614. The minimum absolute atomic E-state index is 0.102. The van der Waals surface area contributed by atoms with E-state index in [2.05, 4.69) is 5.32 Å². The summed E-state index contributed by atoms with van der Waals surface area (Å²) in [5, 5.41) is 7.30. The Hall–Kier alpha value is -2.00. The van der Waals surface area contributed by atoms with Crippen molar-refractivity contribution < 1.29 is 27.4 Å². The lowest BCUT2D eigenvalue weighted by atomic mass is 10.1. The van der Waals surface area contributed by atoms with Crippen LogP contribution in [0.25, 0.3) is 0 Å². The number of nitrogens with two attached hydrogens (primary N) is 1. The zero-order valence-corrected chi connectivity index (χ0v) is 12.8. The summed E-state index contributed by atoms with van der Waals surface area (Å²) in [7, 11) is 0.637. The molecule has 0 atom stereocenters. The third-order valence-electron chi connectivity index (χ3n) is 2.62. The van der Waals surface area contributed by atoms with Gasteiger partial charge in [0.1, 0.15) is 0 Å². The molecule has 1 aromatic carbocycles. The van der Waals surface area contributed by atoms with E-state index in [9.17, 15) is 13.2 Å². The summed E-state index contributed by atoms with van der Waals surface area (Å²) in [5.74, 6) is 0.0323. The van der Waals surface area contributed by atoms with Gasteiger partial charge in [0.05, 0.1) is 32.6 Å². The van der Waals surface area contributed by atoms with Crippen LogP contribution >= 0.6 is 0 Å². The largest absolute Gasteiger partial charge is 0.493 e. The van der Waals surface area contributed by atoms with Crippen LogP contribution in [-0.2, 0) is 10.0 Å². The van der Waals surface area contributed by atoms with Crippen molar-refractivity contribution in [2.24, 2.45) is 5.14 Å². The summed E-state index contributed by atoms with van der Waals surface area (Å²) < 4.78 is 37.1. The summed E-state index contributed by atoms with van der Waals surface area (Å²) >= 11 is 0. The van der Waals surface area contributed by atoms with Gasteiger partial charge in [0.25, 0.3) is 5.91 Å². The average molecular weight is 318 g/mol. The Labute approximate surface area is 123 Å². The van der Waals surface area contributed by atoms with Gasteiger partial charge in [0.2, 0.25) is 15.8 Å². The maximum atomic E-state index is 12.1. The van der Waals surface area contributed by atoms with Crippen molar-refractivity contribution >= 4 is 15.9 Å². The van der Waals surface area contributed by atoms with Gasteiger partial charge in [0, 0.05) is 6.54 Å². The molecule has 0 saturated carbocycles. The number of nitrogens with one attached hydrogen (secondary N) is 1. The highest BCUT2D eigenvalue weighted by Gasteiger charge is 2.20. The summed E-state index contributed by atoms with van der Waals surface area (Å²) in [6.07, 6.45) is 0. The molecule has 0 spiro atoms. The number of hydrogen-bond donors (Lipinski definition) is 2. The van der Waals surface area contributed by atoms with Crippen LogP contribution in [0.5, 0.6) is 17.2 Å². The van der Waals surface area contributed by atoms with Crippen LogP contribution in [0.15, 0.2) is 12.1 Å². The Balaban J connectivity index is 2.99. The molecule has 0 aliphatic carbocycles. The second-order valence-electron chi connectivity index (χ2n) is 4.00. The predicted molar refractivity (Wildman–Crippen MR) is 76.4 cm³/mol. The Kier molecular flexibility index (Phi) is 5.79. The van der Waals surface area contributed by atoms with Gasteiger partial charge in [-0.15, -0.1) is 0 Å². The van der Waals surface area contributed by atoms with Crippen molar-refractivity contribution in [3.8, 4) is 17.2 Å². The van der Waals surface area contributed by atoms with Crippen LogP contribution in [0.2, 0.25) is 0 Å². The number of methoxy groups -OCH3 is 3. The topological polar surface area (TPSA) is 117 Å². The highest BCUT2D eigenvalue weighted by molar-refractivity contribution is 7.89. The van der Waals surface area contributed by atoms with Crippen molar-refractivity contribution in [1.82, 2.24) is 5.32 Å². The normalized spacial score (nSPS) is 10.9. The van der Waals surface area contributed by atoms with Crippen molar-refractivity contribution in [2.45, 2.75) is 0 Å². The zero-order chi connectivity index (χ0) is 16.0. The fourth-order valence-electron chi connectivity index (χ4n) is 1.68. The van der Waals surface area contributed by atoms with Gasteiger partial charge in [-0.2, -0.15) is 0 Å². The van der Waals surface area contributed by atoms with Gasteiger partial charge >= 0.3 is 0 Å². The average Bonchev–Trinajstić information content (AvgIpc) is 2.43. The minimum atomic E-state index is -3.63. The molecule has 3 N–H and O–H groups in total. The Morgan fingerprint density at radius 1 is 1.14 bits per heavy atom. The third kappa shape index (κ3) is 4.50. The van der Waals surface area contributed by atoms with Crippen LogP contribution in [0.3, 0.4) is 0 Å². The SMILES string of the molecule is COc1ccc(C(=O)NCCS(N)(=O)=O)c(OC)c1OC. The van der Waals surface area contributed by atoms with Gasteiger partial charge < -0.3 is 19.5 Å². The minimum Gasteiger partial charge on any atom is -0.493 e. The summed E-state index contributed by atoms with van der Waals surface area (Å²) in [4.78, 5) is 12.1. The van der Waals surface area contributed by atoms with Gasteiger partial charge in [0.15, 0.2) is 11.5 Å². The molecule has 0 unspecified atom stereocenters. The molecule has 0 aromatic heterocycles. The zero-order valence-electron chi connectivity index (χ0n) is 12.0. The van der Waals surface area contributed by atoms with E-state index in [4.69, 9.17) is 19.3 Å². The van der Waals surface area contributed by atoms with Crippen LogP contribution in [0.4, 0.5) is 0 Å². The standard InChI is InChI=1S/C12H18N2O6S/c1-18-9-5-4-8(10(19-2)11(9)20-3)12(15)14-6-7-21(13,16)17/h4-5H,6-7H2,1-3H3,(H,14,15)(H2,13,16,17). The number of carbonyl (C=O) groups is 1. The molecule has 21 heavy (non-hydrogen) atoms. The summed E-state index contributed by atoms with van der Waals surface area (Å²) in [6.45, 7) is -0.102.